The lowest BCUT2D eigenvalue weighted by molar-refractivity contribution is 0.488. The Morgan fingerprint density at radius 3 is 2.15 bits per heavy atom. The number of phenolic OH excluding ortho intramolecular Hbond substituents is 1. The molecule has 0 aliphatic rings. The molecule has 0 saturated heterocycles. The summed E-state index contributed by atoms with van der Waals surface area (Å²) in [6, 6.07) is 39.4. The predicted octanol–water partition coefficient (Wildman–Crippen LogP) is 10.9. The molecule has 0 amide bonds. The van der Waals surface area contributed by atoms with Gasteiger partial charge < -0.3 is 9.52 Å². The molecule has 0 saturated carbocycles. The van der Waals surface area contributed by atoms with Crippen LogP contribution < -0.4 is 0 Å². The summed E-state index contributed by atoms with van der Waals surface area (Å²) >= 11 is 0. The number of benzene rings is 5. The lowest BCUT2D eigenvalue weighted by Crippen LogP contribution is -2.11. The van der Waals surface area contributed by atoms with E-state index in [9.17, 15) is 5.11 Å². The molecule has 9 rings (SSSR count). The van der Waals surface area contributed by atoms with Crippen LogP contribution in [-0.4, -0.2) is 19.5 Å². The highest BCUT2D eigenvalue weighted by molar-refractivity contribution is 6.23. The highest BCUT2D eigenvalue weighted by atomic mass is 16.3. The number of furan rings is 1. The smallest absolute Gasteiger partial charge is 0.149 e. The van der Waals surface area contributed by atoms with Crippen LogP contribution in [-0.2, 0) is 5.41 Å². The first-order valence-electron chi connectivity index (χ1n) is 15.9. The average molecular weight is 610 g/mol. The first kappa shape index (κ1) is 27.4. The standard InChI is InChI=1S/C42H31N3O2/c1-42(2,3)29-20-27(33-22-26(17-18-43-33)25-11-5-4-6-12-25)19-28(21-29)34-24-45-35-15-9-7-13-30(35)32-23-37-38(40(46)39(32)41(45)44-34)31-14-8-10-16-36(31)47-37/h4-24,46H,1-3H3. The Labute approximate surface area is 271 Å². The Morgan fingerprint density at radius 2 is 1.34 bits per heavy atom. The van der Waals surface area contributed by atoms with E-state index in [1.165, 1.54) is 5.56 Å². The van der Waals surface area contributed by atoms with E-state index in [0.29, 0.717) is 22.0 Å². The molecule has 0 fully saturated rings. The maximum absolute atomic E-state index is 12.0. The largest absolute Gasteiger partial charge is 0.506 e. The van der Waals surface area contributed by atoms with E-state index >= 15 is 0 Å². The molecule has 0 aliphatic heterocycles. The summed E-state index contributed by atoms with van der Waals surface area (Å²) in [6.45, 7) is 6.69. The maximum atomic E-state index is 12.0. The number of hydrogen-bond acceptors (Lipinski definition) is 4. The fourth-order valence-corrected chi connectivity index (χ4v) is 6.85. The molecule has 5 aromatic carbocycles. The summed E-state index contributed by atoms with van der Waals surface area (Å²) < 4.78 is 8.33. The van der Waals surface area contributed by atoms with Crippen LogP contribution in [0.5, 0.6) is 5.75 Å². The van der Waals surface area contributed by atoms with E-state index in [2.05, 4.69) is 98.1 Å². The van der Waals surface area contributed by atoms with E-state index in [0.717, 1.165) is 60.9 Å². The van der Waals surface area contributed by atoms with Gasteiger partial charge in [0, 0.05) is 39.7 Å². The van der Waals surface area contributed by atoms with E-state index in [1.54, 1.807) is 0 Å². The Hall–Kier alpha value is -5.94. The van der Waals surface area contributed by atoms with Crippen LogP contribution in [0.2, 0.25) is 0 Å². The number of fused-ring (bicyclic) bond motifs is 9. The van der Waals surface area contributed by atoms with Crippen molar-refractivity contribution < 1.29 is 9.52 Å². The zero-order chi connectivity index (χ0) is 31.9. The lowest BCUT2D eigenvalue weighted by atomic mass is 9.84. The van der Waals surface area contributed by atoms with Crippen LogP contribution in [0.4, 0.5) is 0 Å². The predicted molar refractivity (Wildman–Crippen MR) is 192 cm³/mol. The second-order valence-corrected chi connectivity index (χ2v) is 13.3. The van der Waals surface area contributed by atoms with Crippen LogP contribution in [0.1, 0.15) is 26.3 Å². The van der Waals surface area contributed by atoms with Gasteiger partial charge in [-0.1, -0.05) is 87.5 Å². The molecule has 0 bridgehead atoms. The summed E-state index contributed by atoms with van der Waals surface area (Å²) in [5.41, 5.74) is 10.2. The van der Waals surface area contributed by atoms with E-state index in [4.69, 9.17) is 14.4 Å². The van der Waals surface area contributed by atoms with Crippen LogP contribution >= 0.6 is 0 Å². The fraction of sp³-hybridized carbons (Fsp3) is 0.0952. The maximum Gasteiger partial charge on any atom is 0.149 e. The van der Waals surface area contributed by atoms with Crippen LogP contribution in [0.3, 0.4) is 0 Å². The van der Waals surface area contributed by atoms with Gasteiger partial charge in [-0.3, -0.25) is 9.38 Å². The number of para-hydroxylation sites is 2. The number of aromatic nitrogens is 3. The van der Waals surface area contributed by atoms with Crippen molar-refractivity contribution in [1.29, 1.82) is 0 Å². The monoisotopic (exact) mass is 609 g/mol. The zero-order valence-corrected chi connectivity index (χ0v) is 26.3. The molecule has 5 nitrogen and oxygen atoms in total. The normalized spacial score (nSPS) is 12.2. The average Bonchev–Trinajstić information content (AvgIpc) is 3.71. The number of imidazole rings is 1. The minimum Gasteiger partial charge on any atom is -0.506 e. The van der Waals surface area contributed by atoms with Crippen molar-refractivity contribution in [3.63, 3.8) is 0 Å². The van der Waals surface area contributed by atoms with Gasteiger partial charge >= 0.3 is 0 Å². The molecule has 4 aromatic heterocycles. The minimum absolute atomic E-state index is 0.105. The van der Waals surface area contributed by atoms with Crippen molar-refractivity contribution in [2.45, 2.75) is 26.2 Å². The van der Waals surface area contributed by atoms with Crippen molar-refractivity contribution >= 4 is 49.3 Å². The molecule has 0 aliphatic carbocycles. The lowest BCUT2D eigenvalue weighted by Gasteiger charge is -2.21. The van der Waals surface area contributed by atoms with Crippen molar-refractivity contribution in [1.82, 2.24) is 14.4 Å². The molecular weight excluding hydrogens is 578 g/mol. The Balaban J connectivity index is 1.31. The van der Waals surface area contributed by atoms with Gasteiger partial charge in [0.1, 0.15) is 22.6 Å². The molecule has 0 unspecified atom stereocenters. The minimum atomic E-state index is -0.105. The van der Waals surface area contributed by atoms with Gasteiger partial charge in [-0.15, -0.1) is 0 Å². The van der Waals surface area contributed by atoms with Crippen LogP contribution in [0.25, 0.3) is 82.9 Å². The Bertz CT molecular complexity index is 2680. The molecule has 47 heavy (non-hydrogen) atoms. The number of hydrogen-bond donors (Lipinski definition) is 1. The number of nitrogens with zero attached hydrogens (tertiary/aromatic N) is 3. The Kier molecular flexibility index (Phi) is 5.84. The summed E-state index contributed by atoms with van der Waals surface area (Å²) in [5.74, 6) is 0.182. The number of aromatic hydroxyl groups is 1. The topological polar surface area (TPSA) is 63.6 Å². The number of pyridine rings is 2. The van der Waals surface area contributed by atoms with Crippen molar-refractivity contribution in [2.24, 2.45) is 0 Å². The molecule has 0 radical (unpaired) electrons. The fourth-order valence-electron chi connectivity index (χ4n) is 6.85. The second kappa shape index (κ2) is 10.0. The van der Waals surface area contributed by atoms with E-state index in [-0.39, 0.29) is 11.2 Å². The molecule has 0 atom stereocenters. The van der Waals surface area contributed by atoms with Gasteiger partial charge in [-0.05, 0) is 70.6 Å². The van der Waals surface area contributed by atoms with E-state index in [1.807, 2.05) is 54.7 Å². The molecule has 9 aromatic rings. The number of rotatable bonds is 3. The van der Waals surface area contributed by atoms with Gasteiger partial charge in [0.25, 0.3) is 0 Å². The van der Waals surface area contributed by atoms with Crippen molar-refractivity contribution in [2.75, 3.05) is 0 Å². The first-order valence-corrected chi connectivity index (χ1v) is 15.9. The number of phenols is 1. The van der Waals surface area contributed by atoms with Gasteiger partial charge in [0.05, 0.1) is 27.7 Å². The third-order valence-electron chi connectivity index (χ3n) is 9.28. The third-order valence-corrected chi connectivity index (χ3v) is 9.28. The summed E-state index contributed by atoms with van der Waals surface area (Å²) in [4.78, 5) is 10.1. The quantitative estimate of drug-likeness (QED) is 0.202. The Morgan fingerprint density at radius 1 is 0.617 bits per heavy atom. The molecule has 5 heteroatoms. The van der Waals surface area contributed by atoms with Gasteiger partial charge in [-0.25, -0.2) is 4.98 Å². The highest BCUT2D eigenvalue weighted by Gasteiger charge is 2.22. The van der Waals surface area contributed by atoms with E-state index < -0.39 is 0 Å². The van der Waals surface area contributed by atoms with Gasteiger partial charge in [0.2, 0.25) is 0 Å². The molecule has 0 spiro atoms. The second-order valence-electron chi connectivity index (χ2n) is 13.3. The van der Waals surface area contributed by atoms with Crippen molar-refractivity contribution in [3.8, 4) is 39.4 Å². The summed E-state index contributed by atoms with van der Waals surface area (Å²) in [7, 11) is 0. The van der Waals surface area contributed by atoms with Gasteiger partial charge in [0.15, 0.2) is 0 Å². The molecule has 226 valence electrons. The first-order chi connectivity index (χ1) is 22.8. The SMILES string of the molecule is CC(C)(C)c1cc(-c2cc(-c3ccccc3)ccn2)cc(-c2cn3c4ccccc4c4cc5oc6ccccc6c5c(O)c4c3n2)c1. The van der Waals surface area contributed by atoms with Crippen LogP contribution in [0.15, 0.2) is 132 Å². The molecular formula is C42H31N3O2. The zero-order valence-electron chi connectivity index (χ0n) is 26.3. The van der Waals surface area contributed by atoms with Crippen LogP contribution in [0, 0.1) is 0 Å². The molecule has 1 N–H and O–H groups in total. The van der Waals surface area contributed by atoms with Gasteiger partial charge in [-0.2, -0.15) is 0 Å². The summed E-state index contributed by atoms with van der Waals surface area (Å²) in [5, 5.41) is 16.2. The highest BCUT2D eigenvalue weighted by Crippen LogP contribution is 2.44. The third kappa shape index (κ3) is 4.31. The summed E-state index contributed by atoms with van der Waals surface area (Å²) in [6.07, 6.45) is 3.97. The van der Waals surface area contributed by atoms with Crippen molar-refractivity contribution in [3.05, 3.63) is 133 Å². The molecule has 4 heterocycles.